The van der Waals surface area contributed by atoms with E-state index in [0.29, 0.717) is 6.54 Å². The minimum Gasteiger partial charge on any atom is -0.446 e. The van der Waals surface area contributed by atoms with Crippen LogP contribution in [0.25, 0.3) is 0 Å². The normalized spacial score (nSPS) is 17.2. The molecule has 3 heteroatoms. The summed E-state index contributed by atoms with van der Waals surface area (Å²) < 4.78 is 5.01. The molecule has 1 aliphatic rings. The van der Waals surface area contributed by atoms with E-state index in [1.807, 2.05) is 0 Å². The van der Waals surface area contributed by atoms with E-state index in [1.165, 1.54) is 0 Å². The zero-order valence-corrected chi connectivity index (χ0v) is 8.02. The van der Waals surface area contributed by atoms with E-state index in [9.17, 15) is 4.79 Å². The lowest BCUT2D eigenvalue weighted by Gasteiger charge is -2.18. The topological polar surface area (TPSA) is 38.3 Å². The standard InChI is InChI=1S/C9H17NO2/c1-9(2,3)6-10-8(11)12-7-4-5-7/h7H,4-6H2,1-3H3,(H,10,11). The average Bonchev–Trinajstić information content (AvgIpc) is 2.66. The van der Waals surface area contributed by atoms with Crippen molar-refractivity contribution >= 4 is 6.09 Å². The Morgan fingerprint density at radius 2 is 2.08 bits per heavy atom. The molecule has 0 saturated heterocycles. The molecule has 1 aliphatic carbocycles. The zero-order chi connectivity index (χ0) is 9.19. The van der Waals surface area contributed by atoms with Crippen LogP contribution in [0.5, 0.6) is 0 Å². The van der Waals surface area contributed by atoms with Crippen molar-refractivity contribution in [2.75, 3.05) is 6.54 Å². The minimum atomic E-state index is -0.271. The summed E-state index contributed by atoms with van der Waals surface area (Å²) in [5.41, 5.74) is 0.128. The Balaban J connectivity index is 2.09. The van der Waals surface area contributed by atoms with Gasteiger partial charge in [0.15, 0.2) is 0 Å². The molecule has 0 radical (unpaired) electrons. The quantitative estimate of drug-likeness (QED) is 0.689. The van der Waals surface area contributed by atoms with Crippen LogP contribution in [0, 0.1) is 5.41 Å². The number of nitrogens with one attached hydrogen (secondary N) is 1. The second-order valence-corrected chi connectivity index (χ2v) is 4.52. The van der Waals surface area contributed by atoms with Gasteiger partial charge in [-0.3, -0.25) is 0 Å². The highest BCUT2D eigenvalue weighted by molar-refractivity contribution is 5.67. The van der Waals surface area contributed by atoms with Gasteiger partial charge in [-0.05, 0) is 18.3 Å². The molecule has 1 rings (SSSR count). The Morgan fingerprint density at radius 1 is 1.50 bits per heavy atom. The van der Waals surface area contributed by atoms with E-state index in [1.54, 1.807) is 0 Å². The number of carbonyl (C=O) groups is 1. The molecule has 0 aromatic carbocycles. The number of carbonyl (C=O) groups excluding carboxylic acids is 1. The Kier molecular flexibility index (Phi) is 2.60. The first-order chi connectivity index (χ1) is 5.47. The molecule has 0 heterocycles. The third kappa shape index (κ3) is 4.21. The van der Waals surface area contributed by atoms with Crippen molar-refractivity contribution in [3.8, 4) is 0 Å². The van der Waals surface area contributed by atoms with Crippen molar-refractivity contribution in [2.24, 2.45) is 5.41 Å². The largest absolute Gasteiger partial charge is 0.446 e. The summed E-state index contributed by atoms with van der Waals surface area (Å²) in [6, 6.07) is 0. The molecule has 0 aromatic rings. The summed E-state index contributed by atoms with van der Waals surface area (Å²) in [4.78, 5) is 11.0. The predicted octanol–water partition coefficient (Wildman–Crippen LogP) is 1.92. The monoisotopic (exact) mass is 171 g/mol. The lowest BCUT2D eigenvalue weighted by atomic mass is 9.97. The fraction of sp³-hybridized carbons (Fsp3) is 0.889. The summed E-state index contributed by atoms with van der Waals surface area (Å²) in [5, 5.41) is 2.73. The van der Waals surface area contributed by atoms with Crippen molar-refractivity contribution < 1.29 is 9.53 Å². The van der Waals surface area contributed by atoms with E-state index in [4.69, 9.17) is 4.74 Å². The van der Waals surface area contributed by atoms with Gasteiger partial charge in [-0.25, -0.2) is 4.79 Å². The van der Waals surface area contributed by atoms with Crippen LogP contribution < -0.4 is 5.32 Å². The summed E-state index contributed by atoms with van der Waals surface area (Å²) in [6.07, 6.45) is 1.99. The van der Waals surface area contributed by atoms with Crippen molar-refractivity contribution in [2.45, 2.75) is 39.7 Å². The summed E-state index contributed by atoms with van der Waals surface area (Å²) in [5.74, 6) is 0. The van der Waals surface area contributed by atoms with E-state index < -0.39 is 0 Å². The van der Waals surface area contributed by atoms with Gasteiger partial charge in [-0.1, -0.05) is 20.8 Å². The van der Waals surface area contributed by atoms with Gasteiger partial charge in [0.25, 0.3) is 0 Å². The van der Waals surface area contributed by atoms with Gasteiger partial charge in [0.1, 0.15) is 6.10 Å². The first-order valence-corrected chi connectivity index (χ1v) is 4.42. The van der Waals surface area contributed by atoms with Crippen LogP contribution >= 0.6 is 0 Å². The average molecular weight is 171 g/mol. The van der Waals surface area contributed by atoms with Crippen LogP contribution in [-0.2, 0) is 4.74 Å². The Labute approximate surface area is 73.5 Å². The molecule has 0 bridgehead atoms. The molecule has 1 N–H and O–H groups in total. The third-order valence-corrected chi connectivity index (χ3v) is 1.56. The van der Waals surface area contributed by atoms with E-state index in [2.05, 4.69) is 26.1 Å². The molecule has 3 nitrogen and oxygen atoms in total. The number of alkyl carbamates (subject to hydrolysis) is 1. The lowest BCUT2D eigenvalue weighted by Crippen LogP contribution is -2.33. The molecule has 1 amide bonds. The summed E-state index contributed by atoms with van der Waals surface area (Å²) in [6.45, 7) is 6.89. The zero-order valence-electron chi connectivity index (χ0n) is 8.02. The number of ether oxygens (including phenoxy) is 1. The number of hydrogen-bond acceptors (Lipinski definition) is 2. The lowest BCUT2D eigenvalue weighted by molar-refractivity contribution is 0.135. The maximum Gasteiger partial charge on any atom is 0.407 e. The predicted molar refractivity (Wildman–Crippen MR) is 47.0 cm³/mol. The molecule has 1 saturated carbocycles. The molecule has 1 fully saturated rings. The van der Waals surface area contributed by atoms with Gasteiger partial charge in [0.05, 0.1) is 0 Å². The first-order valence-electron chi connectivity index (χ1n) is 4.42. The van der Waals surface area contributed by atoms with Crippen molar-refractivity contribution in [3.05, 3.63) is 0 Å². The molecular weight excluding hydrogens is 154 g/mol. The third-order valence-electron chi connectivity index (χ3n) is 1.56. The van der Waals surface area contributed by atoms with Crippen LogP contribution in [0.15, 0.2) is 0 Å². The molecule has 0 unspecified atom stereocenters. The van der Waals surface area contributed by atoms with Gasteiger partial charge < -0.3 is 10.1 Å². The first kappa shape index (κ1) is 9.36. The van der Waals surface area contributed by atoms with Gasteiger partial charge in [-0.2, -0.15) is 0 Å². The second kappa shape index (κ2) is 3.33. The highest BCUT2D eigenvalue weighted by atomic mass is 16.6. The van der Waals surface area contributed by atoms with Crippen molar-refractivity contribution in [1.82, 2.24) is 5.32 Å². The molecule has 0 aliphatic heterocycles. The molecule has 12 heavy (non-hydrogen) atoms. The fourth-order valence-electron chi connectivity index (χ4n) is 0.716. The highest BCUT2D eigenvalue weighted by Crippen LogP contribution is 2.23. The maximum absolute atomic E-state index is 11.0. The molecule has 70 valence electrons. The maximum atomic E-state index is 11.0. The number of hydrogen-bond donors (Lipinski definition) is 1. The van der Waals surface area contributed by atoms with Crippen LogP contribution in [0.4, 0.5) is 4.79 Å². The summed E-state index contributed by atoms with van der Waals surface area (Å²) >= 11 is 0. The summed E-state index contributed by atoms with van der Waals surface area (Å²) in [7, 11) is 0. The van der Waals surface area contributed by atoms with E-state index in [-0.39, 0.29) is 17.6 Å². The molecule has 0 aromatic heterocycles. The number of amides is 1. The Bertz CT molecular complexity index is 168. The fourth-order valence-corrected chi connectivity index (χ4v) is 0.716. The van der Waals surface area contributed by atoms with E-state index >= 15 is 0 Å². The minimum absolute atomic E-state index is 0.128. The van der Waals surface area contributed by atoms with Crippen molar-refractivity contribution in [1.29, 1.82) is 0 Å². The van der Waals surface area contributed by atoms with Crippen LogP contribution in [0.2, 0.25) is 0 Å². The molecular formula is C9H17NO2. The van der Waals surface area contributed by atoms with Crippen LogP contribution in [0.1, 0.15) is 33.6 Å². The van der Waals surface area contributed by atoms with Crippen LogP contribution in [-0.4, -0.2) is 18.7 Å². The second-order valence-electron chi connectivity index (χ2n) is 4.52. The Hall–Kier alpha value is -0.730. The van der Waals surface area contributed by atoms with Crippen LogP contribution in [0.3, 0.4) is 0 Å². The molecule has 0 atom stereocenters. The van der Waals surface area contributed by atoms with E-state index in [0.717, 1.165) is 12.8 Å². The smallest absolute Gasteiger partial charge is 0.407 e. The van der Waals surface area contributed by atoms with Gasteiger partial charge >= 0.3 is 6.09 Å². The molecule has 0 spiro atoms. The van der Waals surface area contributed by atoms with Gasteiger partial charge in [-0.15, -0.1) is 0 Å². The van der Waals surface area contributed by atoms with Gasteiger partial charge in [0, 0.05) is 6.54 Å². The SMILES string of the molecule is CC(C)(C)CNC(=O)OC1CC1. The Morgan fingerprint density at radius 3 is 2.50 bits per heavy atom. The van der Waals surface area contributed by atoms with Gasteiger partial charge in [0.2, 0.25) is 0 Å². The highest BCUT2D eigenvalue weighted by Gasteiger charge is 2.26. The number of rotatable bonds is 2. The van der Waals surface area contributed by atoms with Crippen molar-refractivity contribution in [3.63, 3.8) is 0 Å².